The van der Waals surface area contributed by atoms with Crippen LogP contribution in [0.3, 0.4) is 0 Å². The van der Waals surface area contributed by atoms with Crippen LogP contribution < -0.4 is 26.3 Å². The minimum atomic E-state index is -0.671. The van der Waals surface area contributed by atoms with Crippen molar-refractivity contribution >= 4 is 34.8 Å². The molecule has 1 fully saturated rings. The molecule has 4 amide bonds. The van der Waals surface area contributed by atoms with E-state index in [4.69, 9.17) is 4.74 Å². The van der Waals surface area contributed by atoms with Gasteiger partial charge >= 0.3 is 6.03 Å². The number of fused-ring (bicyclic) bond motifs is 1. The van der Waals surface area contributed by atoms with E-state index in [2.05, 4.69) is 26.7 Å². The summed E-state index contributed by atoms with van der Waals surface area (Å²) in [5, 5.41) is 8.16. The molecule has 1 atom stereocenters. The van der Waals surface area contributed by atoms with Crippen LogP contribution in [0.4, 0.5) is 4.79 Å². The van der Waals surface area contributed by atoms with E-state index in [1.807, 2.05) is 43.3 Å². The molecular formula is C19H21N5O4. The van der Waals surface area contributed by atoms with Gasteiger partial charge in [0.2, 0.25) is 11.8 Å². The summed E-state index contributed by atoms with van der Waals surface area (Å²) >= 11 is 0. The molecule has 1 heterocycles. The summed E-state index contributed by atoms with van der Waals surface area (Å²) in [6, 6.07) is 10.4. The van der Waals surface area contributed by atoms with Crippen LogP contribution >= 0.6 is 0 Å². The molecule has 0 radical (unpaired) electrons. The Kier molecular flexibility index (Phi) is 6.18. The first kappa shape index (κ1) is 19.3. The highest BCUT2D eigenvalue weighted by Gasteiger charge is 2.25. The molecule has 0 saturated carbocycles. The second-order valence-corrected chi connectivity index (χ2v) is 6.10. The van der Waals surface area contributed by atoms with Crippen molar-refractivity contribution in [2.45, 2.75) is 25.8 Å². The summed E-state index contributed by atoms with van der Waals surface area (Å²) in [7, 11) is 0. The Hall–Kier alpha value is -3.46. The minimum Gasteiger partial charge on any atom is -0.493 e. The highest BCUT2D eigenvalue weighted by Crippen LogP contribution is 2.26. The fourth-order valence-corrected chi connectivity index (χ4v) is 2.84. The van der Waals surface area contributed by atoms with E-state index >= 15 is 0 Å². The zero-order chi connectivity index (χ0) is 19.9. The standard InChI is InChI=1S/C19H21N5O4/c1-2-28-16-9-7-12-5-3-4-6-13(12)14(16)11-20-23-17(25)10-8-15-18(26)21-19(27)24-22-15/h3-7,9,11,15,22H,2,8,10H2,1H3,(H,23,25)(H2,21,24,26,27)/b20-11+. The van der Waals surface area contributed by atoms with E-state index in [9.17, 15) is 14.4 Å². The minimum absolute atomic E-state index is 0.0617. The van der Waals surface area contributed by atoms with Crippen molar-refractivity contribution < 1.29 is 19.1 Å². The molecule has 1 aliphatic rings. The van der Waals surface area contributed by atoms with Crippen molar-refractivity contribution in [3.8, 4) is 5.75 Å². The predicted molar refractivity (Wildman–Crippen MR) is 104 cm³/mol. The van der Waals surface area contributed by atoms with Gasteiger partial charge in [-0.2, -0.15) is 5.10 Å². The topological polar surface area (TPSA) is 121 Å². The van der Waals surface area contributed by atoms with Crippen LogP contribution in [-0.2, 0) is 9.59 Å². The third-order valence-corrected chi connectivity index (χ3v) is 4.19. The fraction of sp³-hybridized carbons (Fsp3) is 0.263. The summed E-state index contributed by atoms with van der Waals surface area (Å²) < 4.78 is 5.66. The largest absolute Gasteiger partial charge is 0.493 e. The molecule has 2 aromatic carbocycles. The molecule has 4 N–H and O–H groups in total. The van der Waals surface area contributed by atoms with Crippen molar-refractivity contribution in [1.82, 2.24) is 21.6 Å². The molecule has 1 unspecified atom stereocenters. The van der Waals surface area contributed by atoms with E-state index < -0.39 is 18.0 Å². The Morgan fingerprint density at radius 3 is 2.86 bits per heavy atom. The van der Waals surface area contributed by atoms with Gasteiger partial charge in [0.25, 0.3) is 0 Å². The molecule has 28 heavy (non-hydrogen) atoms. The van der Waals surface area contributed by atoms with Crippen molar-refractivity contribution in [3.05, 3.63) is 42.0 Å². The van der Waals surface area contributed by atoms with Gasteiger partial charge in [0.15, 0.2) is 0 Å². The lowest BCUT2D eigenvalue weighted by molar-refractivity contribution is -0.124. The number of hydrazone groups is 1. The number of carbonyl (C=O) groups excluding carboxylic acids is 3. The van der Waals surface area contributed by atoms with Gasteiger partial charge in [-0.15, -0.1) is 0 Å². The second-order valence-electron chi connectivity index (χ2n) is 6.10. The second kappa shape index (κ2) is 8.96. The van der Waals surface area contributed by atoms with E-state index in [0.717, 1.165) is 16.3 Å². The molecule has 9 heteroatoms. The average Bonchev–Trinajstić information content (AvgIpc) is 2.69. The number of carbonyl (C=O) groups is 3. The SMILES string of the molecule is CCOc1ccc2ccccc2c1/C=N/NC(=O)CCC1NNC(=O)NC1=O. The van der Waals surface area contributed by atoms with Crippen LogP contribution in [0.15, 0.2) is 41.5 Å². The zero-order valence-electron chi connectivity index (χ0n) is 15.3. The first-order valence-electron chi connectivity index (χ1n) is 8.91. The number of amides is 4. The number of hydrogen-bond acceptors (Lipinski definition) is 6. The maximum atomic E-state index is 12.0. The number of ether oxygens (including phenoxy) is 1. The van der Waals surface area contributed by atoms with E-state index in [-0.39, 0.29) is 18.7 Å². The summed E-state index contributed by atoms with van der Waals surface area (Å²) in [6.07, 6.45) is 1.83. The molecule has 9 nitrogen and oxygen atoms in total. The quantitative estimate of drug-likeness (QED) is 0.423. The number of nitrogens with one attached hydrogen (secondary N) is 4. The highest BCUT2D eigenvalue weighted by atomic mass is 16.5. The van der Waals surface area contributed by atoms with Crippen LogP contribution in [0.1, 0.15) is 25.3 Å². The number of hydrazine groups is 1. The monoisotopic (exact) mass is 383 g/mol. The molecule has 0 bridgehead atoms. The summed E-state index contributed by atoms with van der Waals surface area (Å²) in [5.41, 5.74) is 8.07. The maximum absolute atomic E-state index is 12.0. The van der Waals surface area contributed by atoms with E-state index in [0.29, 0.717) is 12.4 Å². The average molecular weight is 383 g/mol. The first-order chi connectivity index (χ1) is 13.6. The van der Waals surface area contributed by atoms with E-state index in [1.54, 1.807) is 6.21 Å². The van der Waals surface area contributed by atoms with Crippen LogP contribution in [0.25, 0.3) is 10.8 Å². The Bertz CT molecular complexity index is 928. The zero-order valence-corrected chi connectivity index (χ0v) is 15.3. The predicted octanol–water partition coefficient (Wildman–Crippen LogP) is 1.18. The summed E-state index contributed by atoms with van der Waals surface area (Å²) in [6.45, 7) is 2.41. The smallest absolute Gasteiger partial charge is 0.335 e. The number of hydrogen-bond donors (Lipinski definition) is 4. The number of imide groups is 1. The number of nitrogens with zero attached hydrogens (tertiary/aromatic N) is 1. The Morgan fingerprint density at radius 1 is 1.25 bits per heavy atom. The van der Waals surface area contributed by atoms with Gasteiger partial charge in [-0.3, -0.25) is 20.3 Å². The van der Waals surface area contributed by atoms with Crippen LogP contribution in [0.5, 0.6) is 5.75 Å². The molecule has 146 valence electrons. The van der Waals surface area contributed by atoms with Gasteiger partial charge in [0.05, 0.1) is 12.8 Å². The molecule has 0 spiro atoms. The van der Waals surface area contributed by atoms with Gasteiger partial charge in [-0.05, 0) is 30.2 Å². The molecule has 2 aromatic rings. The van der Waals surface area contributed by atoms with Gasteiger partial charge in [-0.1, -0.05) is 30.3 Å². The highest BCUT2D eigenvalue weighted by molar-refractivity contribution is 6.02. The lowest BCUT2D eigenvalue weighted by Gasteiger charge is -2.22. The molecule has 1 saturated heterocycles. The Labute approximate surface area is 161 Å². The summed E-state index contributed by atoms with van der Waals surface area (Å²) in [4.78, 5) is 34.6. The van der Waals surface area contributed by atoms with Crippen molar-refractivity contribution in [2.24, 2.45) is 5.10 Å². The molecule has 3 rings (SSSR count). The number of benzene rings is 2. The Balaban J connectivity index is 1.62. The van der Waals surface area contributed by atoms with E-state index in [1.165, 1.54) is 0 Å². The van der Waals surface area contributed by atoms with Crippen molar-refractivity contribution in [2.75, 3.05) is 6.61 Å². The lowest BCUT2D eigenvalue weighted by atomic mass is 10.0. The maximum Gasteiger partial charge on any atom is 0.335 e. The van der Waals surface area contributed by atoms with Gasteiger partial charge < -0.3 is 4.74 Å². The van der Waals surface area contributed by atoms with Crippen LogP contribution in [0, 0.1) is 0 Å². The first-order valence-corrected chi connectivity index (χ1v) is 8.91. The molecular weight excluding hydrogens is 362 g/mol. The lowest BCUT2D eigenvalue weighted by Crippen LogP contribution is -2.62. The van der Waals surface area contributed by atoms with Crippen LogP contribution in [-0.4, -0.2) is 36.7 Å². The van der Waals surface area contributed by atoms with Crippen molar-refractivity contribution in [3.63, 3.8) is 0 Å². The Morgan fingerprint density at radius 2 is 2.07 bits per heavy atom. The van der Waals surface area contributed by atoms with Crippen LogP contribution in [0.2, 0.25) is 0 Å². The van der Waals surface area contributed by atoms with Gasteiger partial charge in [0.1, 0.15) is 11.8 Å². The van der Waals surface area contributed by atoms with Crippen molar-refractivity contribution in [1.29, 1.82) is 0 Å². The molecule has 0 aliphatic carbocycles. The molecule has 1 aliphatic heterocycles. The summed E-state index contributed by atoms with van der Waals surface area (Å²) in [5.74, 6) is -0.142. The normalized spacial score (nSPS) is 16.7. The number of urea groups is 1. The third-order valence-electron chi connectivity index (χ3n) is 4.19. The van der Waals surface area contributed by atoms with Gasteiger partial charge in [-0.25, -0.2) is 15.6 Å². The van der Waals surface area contributed by atoms with Gasteiger partial charge in [0, 0.05) is 12.0 Å². The fourth-order valence-electron chi connectivity index (χ4n) is 2.84. The number of rotatable bonds is 7. The molecule has 0 aromatic heterocycles. The third kappa shape index (κ3) is 4.63.